The SMILES string of the molecule is c1cc(-c2ccncc2)cc(-c2cccc(-c3cccc4c3oc3c(-c5cccc6c5sc5ccccc56)cccc34)c2)c1. The molecule has 9 rings (SSSR count). The van der Waals surface area contributed by atoms with E-state index in [1.165, 1.54) is 42.4 Å². The molecule has 206 valence electrons. The van der Waals surface area contributed by atoms with Crippen molar-refractivity contribution in [1.29, 1.82) is 0 Å². The monoisotopic (exact) mass is 579 g/mol. The van der Waals surface area contributed by atoms with Crippen LogP contribution in [0.3, 0.4) is 0 Å². The highest BCUT2D eigenvalue weighted by atomic mass is 32.1. The van der Waals surface area contributed by atoms with Crippen LogP contribution in [0.5, 0.6) is 0 Å². The molecule has 0 fully saturated rings. The van der Waals surface area contributed by atoms with E-state index in [0.29, 0.717) is 0 Å². The van der Waals surface area contributed by atoms with Crippen LogP contribution in [0.15, 0.2) is 156 Å². The van der Waals surface area contributed by atoms with E-state index in [4.69, 9.17) is 4.42 Å². The van der Waals surface area contributed by atoms with E-state index in [2.05, 4.69) is 132 Å². The fourth-order valence-corrected chi connectivity index (χ4v) is 7.74. The van der Waals surface area contributed by atoms with Gasteiger partial charge in [0.2, 0.25) is 0 Å². The number of nitrogens with zero attached hydrogens (tertiary/aromatic N) is 1. The smallest absolute Gasteiger partial charge is 0.143 e. The van der Waals surface area contributed by atoms with Crippen LogP contribution in [0, 0.1) is 0 Å². The van der Waals surface area contributed by atoms with E-state index in [-0.39, 0.29) is 0 Å². The predicted molar refractivity (Wildman–Crippen MR) is 186 cm³/mol. The maximum Gasteiger partial charge on any atom is 0.143 e. The Kier molecular flexibility index (Phi) is 5.71. The molecule has 0 aliphatic rings. The lowest BCUT2D eigenvalue weighted by molar-refractivity contribution is 0.671. The molecule has 9 aromatic rings. The average Bonchev–Trinajstić information content (AvgIpc) is 3.68. The minimum atomic E-state index is 0.918. The van der Waals surface area contributed by atoms with E-state index in [1.807, 2.05) is 35.9 Å². The minimum absolute atomic E-state index is 0.918. The zero-order valence-electron chi connectivity index (χ0n) is 23.7. The first-order chi connectivity index (χ1) is 21.8. The summed E-state index contributed by atoms with van der Waals surface area (Å²) in [4.78, 5) is 4.17. The third-order valence-corrected chi connectivity index (χ3v) is 9.82. The number of hydrogen-bond acceptors (Lipinski definition) is 3. The number of rotatable bonds is 4. The van der Waals surface area contributed by atoms with Crippen molar-refractivity contribution in [1.82, 2.24) is 4.98 Å². The van der Waals surface area contributed by atoms with Crippen molar-refractivity contribution in [3.63, 3.8) is 0 Å². The number of thiophene rings is 1. The number of furan rings is 1. The molecule has 44 heavy (non-hydrogen) atoms. The van der Waals surface area contributed by atoms with E-state index in [1.54, 1.807) is 0 Å². The number of pyridine rings is 1. The third kappa shape index (κ3) is 3.98. The van der Waals surface area contributed by atoms with Crippen LogP contribution < -0.4 is 0 Å². The summed E-state index contributed by atoms with van der Waals surface area (Å²) in [5.74, 6) is 0. The summed E-state index contributed by atoms with van der Waals surface area (Å²) in [5, 5.41) is 4.87. The summed E-state index contributed by atoms with van der Waals surface area (Å²) in [5.41, 5.74) is 11.1. The standard InChI is InChI=1S/C41H25NOS/c1-2-19-38-32(12-1)36-17-7-18-37(41(36)44-38)35-16-6-15-34-33-14-5-13-31(39(33)43-40(34)35)30-11-4-10-29(25-30)28-9-3-8-27(24-28)26-20-22-42-23-21-26/h1-25H. The summed E-state index contributed by atoms with van der Waals surface area (Å²) in [6.07, 6.45) is 3.68. The molecule has 2 nitrogen and oxygen atoms in total. The van der Waals surface area contributed by atoms with E-state index in [0.717, 1.165) is 44.2 Å². The summed E-state index contributed by atoms with van der Waals surface area (Å²) in [6.45, 7) is 0. The van der Waals surface area contributed by atoms with Crippen molar-refractivity contribution < 1.29 is 4.42 Å². The number of benzene rings is 6. The second-order valence-corrected chi connectivity index (χ2v) is 12.2. The zero-order chi connectivity index (χ0) is 29.0. The van der Waals surface area contributed by atoms with Gasteiger partial charge in [-0.3, -0.25) is 4.98 Å². The topological polar surface area (TPSA) is 26.0 Å². The predicted octanol–water partition coefficient (Wildman–Crippen LogP) is 12.0. The number of aromatic nitrogens is 1. The summed E-state index contributed by atoms with van der Waals surface area (Å²) >= 11 is 1.85. The Morgan fingerprint density at radius 2 is 0.955 bits per heavy atom. The van der Waals surface area contributed by atoms with Crippen molar-refractivity contribution >= 4 is 53.4 Å². The van der Waals surface area contributed by atoms with Gasteiger partial charge in [0.15, 0.2) is 0 Å². The Labute approximate surface area is 258 Å². The van der Waals surface area contributed by atoms with Crippen LogP contribution >= 0.6 is 11.3 Å². The van der Waals surface area contributed by atoms with Crippen molar-refractivity contribution in [2.45, 2.75) is 0 Å². The first kappa shape index (κ1) is 25.0. The molecule has 6 aromatic carbocycles. The van der Waals surface area contributed by atoms with Crippen molar-refractivity contribution in [3.05, 3.63) is 152 Å². The normalized spacial score (nSPS) is 11.6. The molecule has 0 amide bonds. The fraction of sp³-hybridized carbons (Fsp3) is 0. The largest absolute Gasteiger partial charge is 0.455 e. The first-order valence-electron chi connectivity index (χ1n) is 14.8. The number of fused-ring (bicyclic) bond motifs is 6. The molecule has 3 aromatic heterocycles. The lowest BCUT2D eigenvalue weighted by Gasteiger charge is -2.09. The molecule has 0 aliphatic carbocycles. The molecule has 0 unspecified atom stereocenters. The highest BCUT2D eigenvalue weighted by Gasteiger charge is 2.18. The van der Waals surface area contributed by atoms with Crippen LogP contribution in [-0.4, -0.2) is 4.98 Å². The number of hydrogen-bond donors (Lipinski definition) is 0. The highest BCUT2D eigenvalue weighted by Crippen LogP contribution is 2.44. The van der Waals surface area contributed by atoms with Crippen molar-refractivity contribution in [2.24, 2.45) is 0 Å². The van der Waals surface area contributed by atoms with Gasteiger partial charge in [0.25, 0.3) is 0 Å². The summed E-state index contributed by atoms with van der Waals surface area (Å²) < 4.78 is 9.47. The summed E-state index contributed by atoms with van der Waals surface area (Å²) in [6, 6.07) is 49.9. The Balaban J connectivity index is 1.20. The molecule has 0 atom stereocenters. The van der Waals surface area contributed by atoms with Crippen LogP contribution in [0.2, 0.25) is 0 Å². The average molecular weight is 580 g/mol. The Bertz CT molecular complexity index is 2500. The maximum atomic E-state index is 6.87. The van der Waals surface area contributed by atoms with Gasteiger partial charge >= 0.3 is 0 Å². The van der Waals surface area contributed by atoms with Gasteiger partial charge in [-0.25, -0.2) is 0 Å². The van der Waals surface area contributed by atoms with Crippen LogP contribution in [0.25, 0.3) is 86.6 Å². The van der Waals surface area contributed by atoms with Crippen LogP contribution in [0.1, 0.15) is 0 Å². The maximum absolute atomic E-state index is 6.87. The van der Waals surface area contributed by atoms with E-state index < -0.39 is 0 Å². The van der Waals surface area contributed by atoms with Crippen LogP contribution in [0.4, 0.5) is 0 Å². The minimum Gasteiger partial charge on any atom is -0.455 e. The number of para-hydroxylation sites is 2. The van der Waals surface area contributed by atoms with Crippen molar-refractivity contribution in [3.8, 4) is 44.5 Å². The van der Waals surface area contributed by atoms with Gasteiger partial charge in [-0.05, 0) is 58.1 Å². The van der Waals surface area contributed by atoms with Gasteiger partial charge in [-0.2, -0.15) is 0 Å². The van der Waals surface area contributed by atoms with Gasteiger partial charge in [-0.15, -0.1) is 11.3 Å². The van der Waals surface area contributed by atoms with E-state index in [9.17, 15) is 0 Å². The molecular weight excluding hydrogens is 555 g/mol. The first-order valence-corrected chi connectivity index (χ1v) is 15.6. The molecule has 0 spiro atoms. The Hall–Kier alpha value is -5.51. The van der Waals surface area contributed by atoms with Gasteiger partial charge < -0.3 is 4.42 Å². The molecule has 0 aliphatic heterocycles. The van der Waals surface area contributed by atoms with Crippen LogP contribution in [-0.2, 0) is 0 Å². The van der Waals surface area contributed by atoms with Gasteiger partial charge in [-0.1, -0.05) is 109 Å². The quantitative estimate of drug-likeness (QED) is 0.207. The van der Waals surface area contributed by atoms with Gasteiger partial charge in [0.05, 0.1) is 0 Å². The molecule has 0 radical (unpaired) electrons. The Morgan fingerprint density at radius 1 is 0.409 bits per heavy atom. The second-order valence-electron chi connectivity index (χ2n) is 11.1. The fourth-order valence-electron chi connectivity index (χ4n) is 6.51. The zero-order valence-corrected chi connectivity index (χ0v) is 24.5. The molecule has 3 heterocycles. The summed E-state index contributed by atoms with van der Waals surface area (Å²) in [7, 11) is 0. The van der Waals surface area contributed by atoms with Gasteiger partial charge in [0.1, 0.15) is 11.2 Å². The molecule has 0 saturated carbocycles. The molecule has 0 bridgehead atoms. The molecule has 0 saturated heterocycles. The molecule has 3 heteroatoms. The Morgan fingerprint density at radius 3 is 1.73 bits per heavy atom. The van der Waals surface area contributed by atoms with Crippen molar-refractivity contribution in [2.75, 3.05) is 0 Å². The lowest BCUT2D eigenvalue weighted by atomic mass is 9.95. The lowest BCUT2D eigenvalue weighted by Crippen LogP contribution is -1.84. The molecular formula is C41H25NOS. The highest BCUT2D eigenvalue weighted by molar-refractivity contribution is 7.26. The second kappa shape index (κ2) is 10.0. The molecule has 0 N–H and O–H groups in total. The van der Waals surface area contributed by atoms with Gasteiger partial charge in [0, 0.05) is 60.0 Å². The third-order valence-electron chi connectivity index (χ3n) is 8.60. The van der Waals surface area contributed by atoms with E-state index >= 15 is 0 Å².